The van der Waals surface area contributed by atoms with Gasteiger partial charge in [0.2, 0.25) is 0 Å². The van der Waals surface area contributed by atoms with Crippen LogP contribution in [-0.4, -0.2) is 22.8 Å². The van der Waals surface area contributed by atoms with Crippen LogP contribution in [0.3, 0.4) is 0 Å². The molecule has 0 spiro atoms. The Morgan fingerprint density at radius 2 is 1.62 bits per heavy atom. The third-order valence-electron chi connectivity index (χ3n) is 5.56. The third-order valence-corrected chi connectivity index (χ3v) is 5.56. The van der Waals surface area contributed by atoms with E-state index >= 15 is 0 Å². The van der Waals surface area contributed by atoms with E-state index in [4.69, 9.17) is 0 Å². The van der Waals surface area contributed by atoms with Crippen LogP contribution < -0.4 is 10.2 Å². The van der Waals surface area contributed by atoms with Crippen molar-refractivity contribution in [3.8, 4) is 5.75 Å². The lowest BCUT2D eigenvalue weighted by Crippen LogP contribution is -2.31. The molecule has 2 N–H and O–H groups in total. The van der Waals surface area contributed by atoms with Gasteiger partial charge in [-0.2, -0.15) is 13.2 Å². The summed E-state index contributed by atoms with van der Waals surface area (Å²) >= 11 is 0. The predicted octanol–water partition coefficient (Wildman–Crippen LogP) is 6.41. The Balaban J connectivity index is 1.67. The van der Waals surface area contributed by atoms with Crippen LogP contribution in [0.2, 0.25) is 0 Å². The van der Waals surface area contributed by atoms with Crippen LogP contribution in [0.1, 0.15) is 37.5 Å². The van der Waals surface area contributed by atoms with Crippen molar-refractivity contribution in [2.75, 3.05) is 23.3 Å². The molecule has 1 aromatic heterocycles. The third kappa shape index (κ3) is 4.87. The summed E-state index contributed by atoms with van der Waals surface area (Å²) in [6.45, 7) is 8.94. The Bertz CT molecular complexity index is 1080. The molecular weight excluding hydrogens is 415 g/mol. The van der Waals surface area contributed by atoms with Crippen molar-refractivity contribution < 1.29 is 18.3 Å². The standard InChI is InChI=1S/C25H28F3N3O/c1-24(2,3)16-30-13-12-21-22(30)15-31(23(21)29-19-8-10-20(32)11-9-19)14-17-4-6-18(7-5-17)25(26,27)28/h4-11,15,29,32H,12-14,16H2,1-3H3. The summed E-state index contributed by atoms with van der Waals surface area (Å²) in [5, 5.41) is 13.1. The predicted molar refractivity (Wildman–Crippen MR) is 122 cm³/mol. The Kier molecular flexibility index (Phi) is 5.61. The van der Waals surface area contributed by atoms with Gasteiger partial charge in [0.05, 0.1) is 11.3 Å². The topological polar surface area (TPSA) is 40.4 Å². The van der Waals surface area contributed by atoms with Crippen molar-refractivity contribution in [3.05, 3.63) is 71.4 Å². The van der Waals surface area contributed by atoms with Crippen molar-refractivity contribution in [3.63, 3.8) is 0 Å². The highest BCUT2D eigenvalue weighted by Crippen LogP contribution is 2.39. The molecule has 0 bridgehead atoms. The van der Waals surface area contributed by atoms with Crippen molar-refractivity contribution in [1.82, 2.24) is 4.57 Å². The van der Waals surface area contributed by atoms with E-state index < -0.39 is 11.7 Å². The zero-order valence-electron chi connectivity index (χ0n) is 18.5. The molecule has 7 heteroatoms. The number of alkyl halides is 3. The summed E-state index contributed by atoms with van der Waals surface area (Å²) in [4.78, 5) is 2.38. The van der Waals surface area contributed by atoms with Crippen LogP contribution in [0.5, 0.6) is 5.75 Å². The fourth-order valence-electron chi connectivity index (χ4n) is 4.16. The van der Waals surface area contributed by atoms with Crippen LogP contribution in [0.4, 0.5) is 30.4 Å². The van der Waals surface area contributed by atoms with Gasteiger partial charge in [0.25, 0.3) is 0 Å². The van der Waals surface area contributed by atoms with Crippen molar-refractivity contribution in [1.29, 1.82) is 0 Å². The van der Waals surface area contributed by atoms with Gasteiger partial charge in [0, 0.05) is 37.1 Å². The van der Waals surface area contributed by atoms with E-state index in [1.165, 1.54) is 17.7 Å². The average Bonchev–Trinajstić information content (AvgIpc) is 3.22. The molecule has 2 heterocycles. The second-order valence-electron chi connectivity index (χ2n) is 9.57. The molecule has 0 saturated carbocycles. The van der Waals surface area contributed by atoms with E-state index in [0.717, 1.165) is 54.4 Å². The first-order valence-corrected chi connectivity index (χ1v) is 10.7. The Hall–Kier alpha value is -3.09. The smallest absolute Gasteiger partial charge is 0.416 e. The highest BCUT2D eigenvalue weighted by molar-refractivity contribution is 5.73. The number of aromatic nitrogens is 1. The SMILES string of the molecule is CC(C)(C)CN1CCc2c1cn(Cc1ccc(C(F)(F)F)cc1)c2Nc1ccc(O)cc1. The monoisotopic (exact) mass is 443 g/mol. The van der Waals surface area contributed by atoms with Gasteiger partial charge >= 0.3 is 6.18 Å². The molecule has 4 nitrogen and oxygen atoms in total. The molecule has 170 valence electrons. The van der Waals surface area contributed by atoms with E-state index in [-0.39, 0.29) is 11.2 Å². The molecule has 1 aliphatic heterocycles. The molecule has 0 radical (unpaired) electrons. The minimum absolute atomic E-state index is 0.141. The summed E-state index contributed by atoms with van der Waals surface area (Å²) in [6.07, 6.45) is -1.35. The maximum absolute atomic E-state index is 12.9. The van der Waals surface area contributed by atoms with Gasteiger partial charge in [-0.3, -0.25) is 0 Å². The van der Waals surface area contributed by atoms with Crippen molar-refractivity contribution in [2.24, 2.45) is 5.41 Å². The minimum Gasteiger partial charge on any atom is -0.508 e. The largest absolute Gasteiger partial charge is 0.508 e. The number of benzene rings is 2. The summed E-state index contributed by atoms with van der Waals surface area (Å²) in [6, 6.07) is 12.2. The van der Waals surface area contributed by atoms with Crippen molar-refractivity contribution in [2.45, 2.75) is 39.9 Å². The molecule has 1 aliphatic rings. The molecular formula is C25H28F3N3O. The molecule has 4 rings (SSSR count). The molecule has 0 unspecified atom stereocenters. The number of hydrogen-bond donors (Lipinski definition) is 2. The lowest BCUT2D eigenvalue weighted by Gasteiger charge is -2.28. The second-order valence-corrected chi connectivity index (χ2v) is 9.57. The van der Waals surface area contributed by atoms with Gasteiger partial charge in [0.15, 0.2) is 0 Å². The Morgan fingerprint density at radius 3 is 2.22 bits per heavy atom. The van der Waals surface area contributed by atoms with E-state index in [0.29, 0.717) is 6.54 Å². The molecule has 0 amide bonds. The summed E-state index contributed by atoms with van der Waals surface area (Å²) in [5.41, 5.74) is 3.49. The number of phenolic OH excluding ortho intramolecular Hbond substituents is 1. The number of anilines is 3. The van der Waals surface area contributed by atoms with Gasteiger partial charge in [-0.25, -0.2) is 0 Å². The first-order chi connectivity index (χ1) is 15.0. The quantitative estimate of drug-likeness (QED) is 0.448. The second kappa shape index (κ2) is 8.11. The van der Waals surface area contributed by atoms with Crippen LogP contribution in [0, 0.1) is 5.41 Å². The number of phenols is 1. The van der Waals surface area contributed by atoms with Gasteiger partial charge < -0.3 is 19.9 Å². The zero-order chi connectivity index (χ0) is 23.1. The molecule has 0 atom stereocenters. The molecule has 3 aromatic rings. The maximum Gasteiger partial charge on any atom is 0.416 e. The van der Waals surface area contributed by atoms with Crippen LogP contribution in [0.15, 0.2) is 54.7 Å². The van der Waals surface area contributed by atoms with Crippen LogP contribution in [0.25, 0.3) is 0 Å². The lowest BCUT2D eigenvalue weighted by atomic mass is 9.96. The maximum atomic E-state index is 12.9. The minimum atomic E-state index is -4.34. The number of nitrogens with one attached hydrogen (secondary N) is 1. The van der Waals surface area contributed by atoms with Gasteiger partial charge in [-0.15, -0.1) is 0 Å². The Labute approximate surface area is 186 Å². The number of nitrogens with zero attached hydrogens (tertiary/aromatic N) is 2. The molecule has 32 heavy (non-hydrogen) atoms. The number of halogens is 3. The highest BCUT2D eigenvalue weighted by atomic mass is 19.4. The zero-order valence-corrected chi connectivity index (χ0v) is 18.5. The first-order valence-electron chi connectivity index (χ1n) is 10.7. The molecule has 0 aliphatic carbocycles. The van der Waals surface area contributed by atoms with Crippen LogP contribution >= 0.6 is 0 Å². The van der Waals surface area contributed by atoms with Gasteiger partial charge in [0.1, 0.15) is 11.6 Å². The number of fused-ring (bicyclic) bond motifs is 1. The molecule has 2 aromatic carbocycles. The van der Waals surface area contributed by atoms with E-state index in [2.05, 4.69) is 41.8 Å². The van der Waals surface area contributed by atoms with Crippen molar-refractivity contribution >= 4 is 17.2 Å². The van der Waals surface area contributed by atoms with Crippen LogP contribution in [-0.2, 0) is 19.1 Å². The summed E-state index contributed by atoms with van der Waals surface area (Å²) in [5.74, 6) is 1.12. The van der Waals surface area contributed by atoms with E-state index in [1.807, 2.05) is 0 Å². The highest BCUT2D eigenvalue weighted by Gasteiger charge is 2.31. The molecule has 0 saturated heterocycles. The van der Waals surface area contributed by atoms with Gasteiger partial charge in [-0.1, -0.05) is 32.9 Å². The number of hydrogen-bond acceptors (Lipinski definition) is 3. The number of aromatic hydroxyl groups is 1. The van der Waals surface area contributed by atoms with Gasteiger partial charge in [-0.05, 0) is 53.8 Å². The fraction of sp³-hybridized carbons (Fsp3) is 0.360. The van der Waals surface area contributed by atoms with E-state index in [1.54, 1.807) is 24.3 Å². The van der Waals surface area contributed by atoms with E-state index in [9.17, 15) is 18.3 Å². The Morgan fingerprint density at radius 1 is 0.969 bits per heavy atom. The summed E-state index contributed by atoms with van der Waals surface area (Å²) in [7, 11) is 0. The fourth-order valence-corrected chi connectivity index (χ4v) is 4.16. The summed E-state index contributed by atoms with van der Waals surface area (Å²) < 4.78 is 40.9. The molecule has 0 fully saturated rings. The normalized spacial score (nSPS) is 14.0. The average molecular weight is 444 g/mol. The lowest BCUT2D eigenvalue weighted by molar-refractivity contribution is -0.137. The number of rotatable bonds is 5. The first kappa shape index (κ1) is 22.1.